The van der Waals surface area contributed by atoms with Gasteiger partial charge in [0.25, 0.3) is 0 Å². The number of rotatable bonds is 1. The van der Waals surface area contributed by atoms with Crippen molar-refractivity contribution in [3.63, 3.8) is 0 Å². The second-order valence-electron chi connectivity index (χ2n) is 0.272. The molecule has 0 N–H and O–H groups in total. The summed E-state index contributed by atoms with van der Waals surface area (Å²) in [5, 5.41) is 0. The van der Waals surface area contributed by atoms with Gasteiger partial charge in [-0.15, -0.1) is 0 Å². The van der Waals surface area contributed by atoms with Gasteiger partial charge in [0.1, 0.15) is 0 Å². The van der Waals surface area contributed by atoms with Gasteiger partial charge < -0.3 is 0 Å². The zero-order chi connectivity index (χ0) is 3.41. The van der Waals surface area contributed by atoms with Gasteiger partial charge in [-0.3, -0.25) is 0 Å². The predicted octanol–water partition coefficient (Wildman–Crippen LogP) is -0.889. The van der Waals surface area contributed by atoms with Crippen LogP contribution in [-0.4, -0.2) is 6.59 Å². The number of hydrogen-bond acceptors (Lipinski definition) is 2. The standard InChI is InChI=1S/HOSi.O.Sc/c1-2;;/h2H;;. The predicted molar refractivity (Wildman–Crippen MR) is 8.52 cm³/mol. The van der Waals surface area contributed by atoms with Crippen molar-refractivity contribution in [1.29, 1.82) is 0 Å². The molecule has 0 spiro atoms. The topological polar surface area (TPSA) is 34.1 Å². The summed E-state index contributed by atoms with van der Waals surface area (Å²) in [6.45, 7) is -0.867. The Morgan fingerprint density at radius 1 is 1.75 bits per heavy atom. The molecule has 0 aromatic heterocycles. The molecule has 0 aromatic carbocycles. The van der Waals surface area contributed by atoms with E-state index in [2.05, 4.69) is 0 Å². The van der Waals surface area contributed by atoms with Gasteiger partial charge in [0, 0.05) is 0 Å². The molecule has 0 bridgehead atoms. The van der Waals surface area contributed by atoms with Crippen molar-refractivity contribution in [2.24, 2.45) is 0 Å². The van der Waals surface area contributed by atoms with Gasteiger partial charge >= 0.3 is 36.0 Å². The van der Waals surface area contributed by atoms with Gasteiger partial charge in [-0.1, -0.05) is 0 Å². The molecule has 0 rings (SSSR count). The van der Waals surface area contributed by atoms with E-state index in [1.54, 1.807) is 0 Å². The van der Waals surface area contributed by atoms with Gasteiger partial charge in [0.05, 0.1) is 0 Å². The van der Waals surface area contributed by atoms with E-state index < -0.39 is 28.7 Å². The molecule has 4 heavy (non-hydrogen) atoms. The average Bonchev–Trinajstić information content (AvgIpc) is 1.37. The van der Waals surface area contributed by atoms with Crippen molar-refractivity contribution in [2.75, 3.05) is 0 Å². The first-order chi connectivity index (χ1) is 1.91. The molecule has 0 aliphatic rings. The SMILES string of the molecule is O=[SiH][Sc]=[O]. The van der Waals surface area contributed by atoms with Crippen LogP contribution in [0.5, 0.6) is 0 Å². The molecule has 0 heterocycles. The maximum absolute atomic E-state index is 9.18. The molecule has 0 saturated heterocycles. The van der Waals surface area contributed by atoms with Crippen LogP contribution < -0.4 is 0 Å². The van der Waals surface area contributed by atoms with Crippen molar-refractivity contribution < 1.29 is 29.4 Å². The molecule has 0 aromatic rings. The summed E-state index contributed by atoms with van der Waals surface area (Å²) in [7, 11) is 0. The van der Waals surface area contributed by atoms with E-state index in [1.165, 1.54) is 0 Å². The van der Waals surface area contributed by atoms with Crippen molar-refractivity contribution in [1.82, 2.24) is 0 Å². The van der Waals surface area contributed by atoms with Crippen molar-refractivity contribution >= 4 is 6.59 Å². The van der Waals surface area contributed by atoms with Gasteiger partial charge in [0.2, 0.25) is 0 Å². The third-order valence-corrected chi connectivity index (χ3v) is 0.687. The van der Waals surface area contributed by atoms with E-state index in [1.807, 2.05) is 0 Å². The summed E-state index contributed by atoms with van der Waals surface area (Å²) in [6, 6.07) is 0. The van der Waals surface area contributed by atoms with Crippen LogP contribution in [0.3, 0.4) is 0 Å². The zero-order valence-corrected chi connectivity index (χ0v) is 4.93. The minimum absolute atomic E-state index is 0.867. The molecular formula is HO2ScSi. The molecule has 0 fully saturated rings. The van der Waals surface area contributed by atoms with Gasteiger partial charge in [-0.2, -0.15) is 0 Å². The third kappa shape index (κ3) is 2.69. The van der Waals surface area contributed by atoms with Gasteiger partial charge in [0.15, 0.2) is 0 Å². The van der Waals surface area contributed by atoms with Crippen molar-refractivity contribution in [3.05, 3.63) is 0 Å². The molecule has 2 nitrogen and oxygen atoms in total. The summed E-state index contributed by atoms with van der Waals surface area (Å²) in [4.78, 5) is 0. The van der Waals surface area contributed by atoms with E-state index in [-0.39, 0.29) is 0 Å². The Morgan fingerprint density at radius 3 is 2.00 bits per heavy atom. The second kappa shape index (κ2) is 3.69. The Morgan fingerprint density at radius 2 is 2.00 bits per heavy atom. The summed E-state index contributed by atoms with van der Waals surface area (Å²) >= 11 is -1.41. The summed E-state index contributed by atoms with van der Waals surface area (Å²) < 4.78 is 18.3. The van der Waals surface area contributed by atoms with Crippen LogP contribution in [0.25, 0.3) is 0 Å². The average molecular weight is 106 g/mol. The van der Waals surface area contributed by atoms with Gasteiger partial charge in [-0.05, 0) is 0 Å². The van der Waals surface area contributed by atoms with E-state index in [4.69, 9.17) is 4.46 Å². The van der Waals surface area contributed by atoms with Crippen molar-refractivity contribution in [2.45, 2.75) is 0 Å². The van der Waals surface area contributed by atoms with Crippen LogP contribution in [0.1, 0.15) is 0 Å². The van der Waals surface area contributed by atoms with E-state index in [0.717, 1.165) is 0 Å². The van der Waals surface area contributed by atoms with Crippen LogP contribution in [0.15, 0.2) is 0 Å². The Bertz CT molecular complexity index is 27.0. The molecule has 20 valence electrons. The summed E-state index contributed by atoms with van der Waals surface area (Å²) in [5.41, 5.74) is 0. The van der Waals surface area contributed by atoms with Crippen LogP contribution in [0.4, 0.5) is 0 Å². The monoisotopic (exact) mass is 106 g/mol. The van der Waals surface area contributed by atoms with E-state index >= 15 is 0 Å². The minimum atomic E-state index is -1.41. The molecule has 0 atom stereocenters. The van der Waals surface area contributed by atoms with E-state index in [9.17, 15) is 2.85 Å². The van der Waals surface area contributed by atoms with E-state index in [0.29, 0.717) is 0 Å². The van der Waals surface area contributed by atoms with Crippen LogP contribution in [-0.2, 0) is 29.4 Å². The molecule has 4 heteroatoms. The van der Waals surface area contributed by atoms with Gasteiger partial charge in [-0.25, -0.2) is 0 Å². The molecule has 0 aliphatic heterocycles. The number of hydrogen-bond donors (Lipinski definition) is 0. The van der Waals surface area contributed by atoms with Crippen LogP contribution >= 0.6 is 0 Å². The fourth-order valence-electron chi connectivity index (χ4n) is 0. The quantitative estimate of drug-likeness (QED) is 0.406. The first-order valence-electron chi connectivity index (χ1n) is 0.805. The molecule has 0 radical (unpaired) electrons. The first kappa shape index (κ1) is 4.69. The first-order valence-corrected chi connectivity index (χ1v) is 5.80. The molecule has 0 aliphatic carbocycles. The summed E-state index contributed by atoms with van der Waals surface area (Å²) in [6.07, 6.45) is 0. The Labute approximate surface area is 36.2 Å². The van der Waals surface area contributed by atoms with Crippen LogP contribution in [0, 0.1) is 0 Å². The van der Waals surface area contributed by atoms with Crippen molar-refractivity contribution in [3.8, 4) is 0 Å². The third-order valence-electron chi connectivity index (χ3n) is 0.0556. The Balaban J connectivity index is 2.73. The Kier molecular flexibility index (Phi) is 4.32. The summed E-state index contributed by atoms with van der Waals surface area (Å²) in [5.74, 6) is 0. The molecular weight excluding hydrogens is 105 g/mol. The zero-order valence-electron chi connectivity index (χ0n) is 1.97. The second-order valence-corrected chi connectivity index (χ2v) is 3.37. The fraction of sp³-hybridized carbons (Fsp3) is 0. The fourth-order valence-corrected chi connectivity index (χ4v) is 0. The maximum atomic E-state index is 9.18. The normalized spacial score (nSPS) is 4.00. The molecule has 0 unspecified atom stereocenters. The molecule has 0 saturated carbocycles. The Hall–Kier alpha value is 0.687. The molecule has 0 amide bonds. The van der Waals surface area contributed by atoms with Crippen LogP contribution in [0.2, 0.25) is 0 Å².